The van der Waals surface area contributed by atoms with E-state index in [2.05, 4.69) is 22.5 Å². The fourth-order valence-corrected chi connectivity index (χ4v) is 2.86. The highest BCUT2D eigenvalue weighted by Gasteiger charge is 2.23. The SMILES string of the molecule is c1cc2n(n1)C(c1ccc3c(c1)OCCCO3)CCN2. The minimum absolute atomic E-state index is 0.262. The van der Waals surface area contributed by atoms with Crippen molar-refractivity contribution in [1.82, 2.24) is 9.78 Å². The molecule has 1 aromatic heterocycles. The third-order valence-corrected chi connectivity index (χ3v) is 3.85. The van der Waals surface area contributed by atoms with E-state index in [0.29, 0.717) is 0 Å². The Bertz CT molecular complexity index is 623. The maximum atomic E-state index is 5.78. The van der Waals surface area contributed by atoms with E-state index in [1.165, 1.54) is 5.56 Å². The van der Waals surface area contributed by atoms with E-state index >= 15 is 0 Å². The summed E-state index contributed by atoms with van der Waals surface area (Å²) >= 11 is 0. The van der Waals surface area contributed by atoms with Crippen LogP contribution in [0.3, 0.4) is 0 Å². The molecular weight excluding hydrogens is 254 g/mol. The third-order valence-electron chi connectivity index (χ3n) is 3.85. The Hall–Kier alpha value is -2.17. The molecule has 0 bridgehead atoms. The predicted molar refractivity (Wildman–Crippen MR) is 75.5 cm³/mol. The van der Waals surface area contributed by atoms with E-state index in [-0.39, 0.29) is 6.04 Å². The lowest BCUT2D eigenvalue weighted by atomic mass is 10.0. The van der Waals surface area contributed by atoms with Crippen molar-refractivity contribution >= 4 is 5.82 Å². The van der Waals surface area contributed by atoms with E-state index in [1.54, 1.807) is 0 Å². The van der Waals surface area contributed by atoms with Gasteiger partial charge in [0.25, 0.3) is 0 Å². The van der Waals surface area contributed by atoms with E-state index in [9.17, 15) is 0 Å². The summed E-state index contributed by atoms with van der Waals surface area (Å²) in [5.41, 5.74) is 1.22. The van der Waals surface area contributed by atoms with Crippen molar-refractivity contribution in [3.05, 3.63) is 36.0 Å². The average Bonchev–Trinajstić information content (AvgIpc) is 2.84. The summed E-state index contributed by atoms with van der Waals surface area (Å²) in [7, 11) is 0. The Morgan fingerprint density at radius 3 is 3.00 bits per heavy atom. The molecule has 1 unspecified atom stereocenters. The molecule has 0 fully saturated rings. The van der Waals surface area contributed by atoms with Crippen LogP contribution in [0, 0.1) is 0 Å². The molecule has 1 N–H and O–H groups in total. The summed E-state index contributed by atoms with van der Waals surface area (Å²) in [6, 6.07) is 8.51. The highest BCUT2D eigenvalue weighted by atomic mass is 16.5. The van der Waals surface area contributed by atoms with Crippen molar-refractivity contribution in [2.75, 3.05) is 25.1 Å². The first-order valence-corrected chi connectivity index (χ1v) is 7.09. The molecule has 2 aliphatic heterocycles. The smallest absolute Gasteiger partial charge is 0.161 e. The van der Waals surface area contributed by atoms with E-state index in [1.807, 2.05) is 23.0 Å². The number of nitrogens with zero attached hydrogens (tertiary/aromatic N) is 2. The average molecular weight is 271 g/mol. The number of rotatable bonds is 1. The predicted octanol–water partition coefficient (Wildman–Crippen LogP) is 2.45. The van der Waals surface area contributed by atoms with Gasteiger partial charge in [-0.15, -0.1) is 0 Å². The Morgan fingerprint density at radius 2 is 2.05 bits per heavy atom. The molecular formula is C15H17N3O2. The summed E-state index contributed by atoms with van der Waals surface area (Å²) in [4.78, 5) is 0. The van der Waals surface area contributed by atoms with Crippen LogP contribution in [0.25, 0.3) is 0 Å². The molecule has 2 aromatic rings. The van der Waals surface area contributed by atoms with Gasteiger partial charge in [0.15, 0.2) is 11.5 Å². The van der Waals surface area contributed by atoms with E-state index in [4.69, 9.17) is 9.47 Å². The summed E-state index contributed by atoms with van der Waals surface area (Å²) in [6.07, 6.45) is 3.79. The number of benzene rings is 1. The first kappa shape index (κ1) is 11.6. The van der Waals surface area contributed by atoms with Gasteiger partial charge in [0.2, 0.25) is 0 Å². The first-order chi connectivity index (χ1) is 9.92. The monoisotopic (exact) mass is 271 g/mol. The van der Waals surface area contributed by atoms with Crippen molar-refractivity contribution in [3.8, 4) is 11.5 Å². The molecule has 3 heterocycles. The summed E-state index contributed by atoms with van der Waals surface area (Å²) in [5.74, 6) is 2.78. The number of hydrogen-bond acceptors (Lipinski definition) is 4. The largest absolute Gasteiger partial charge is 0.490 e. The van der Waals surface area contributed by atoms with Gasteiger partial charge < -0.3 is 14.8 Å². The molecule has 2 aliphatic rings. The summed E-state index contributed by atoms with van der Waals surface area (Å²) in [5, 5.41) is 7.79. The molecule has 1 aromatic carbocycles. The molecule has 0 aliphatic carbocycles. The van der Waals surface area contributed by atoms with Gasteiger partial charge in [0.05, 0.1) is 25.5 Å². The number of fused-ring (bicyclic) bond motifs is 2. The zero-order valence-corrected chi connectivity index (χ0v) is 11.2. The zero-order chi connectivity index (χ0) is 13.4. The molecule has 0 spiro atoms. The normalized spacial score (nSPS) is 20.7. The van der Waals surface area contributed by atoms with Crippen molar-refractivity contribution in [2.24, 2.45) is 0 Å². The Morgan fingerprint density at radius 1 is 1.15 bits per heavy atom. The molecule has 0 radical (unpaired) electrons. The second-order valence-electron chi connectivity index (χ2n) is 5.15. The van der Waals surface area contributed by atoms with E-state index < -0.39 is 0 Å². The second-order valence-corrected chi connectivity index (χ2v) is 5.15. The number of nitrogens with one attached hydrogen (secondary N) is 1. The van der Waals surface area contributed by atoms with Crippen LogP contribution >= 0.6 is 0 Å². The molecule has 0 amide bonds. The van der Waals surface area contributed by atoms with Gasteiger partial charge in [-0.3, -0.25) is 0 Å². The Balaban J connectivity index is 1.72. The van der Waals surface area contributed by atoms with Crippen LogP contribution in [0.5, 0.6) is 11.5 Å². The van der Waals surface area contributed by atoms with Crippen LogP contribution in [0.15, 0.2) is 30.5 Å². The second kappa shape index (κ2) is 4.74. The summed E-state index contributed by atoms with van der Waals surface area (Å²) in [6.45, 7) is 2.41. The molecule has 20 heavy (non-hydrogen) atoms. The number of anilines is 1. The van der Waals surface area contributed by atoms with Gasteiger partial charge in [-0.2, -0.15) is 5.10 Å². The standard InChI is InChI=1S/C15H17N3O2/c1-8-19-13-3-2-11(10-14(13)20-9-1)12-4-6-16-15-5-7-17-18(12)15/h2-3,5,7,10,12,16H,1,4,6,8-9H2. The van der Waals surface area contributed by atoms with Crippen LogP contribution in [-0.4, -0.2) is 29.5 Å². The quantitative estimate of drug-likeness (QED) is 0.865. The lowest BCUT2D eigenvalue weighted by Gasteiger charge is -2.26. The number of hydrogen-bond donors (Lipinski definition) is 1. The molecule has 104 valence electrons. The highest BCUT2D eigenvalue weighted by Crippen LogP contribution is 2.36. The molecule has 1 atom stereocenters. The zero-order valence-electron chi connectivity index (χ0n) is 11.2. The lowest BCUT2D eigenvalue weighted by molar-refractivity contribution is 0.297. The summed E-state index contributed by atoms with van der Waals surface area (Å²) < 4.78 is 13.5. The molecule has 0 saturated heterocycles. The van der Waals surface area contributed by atoms with Crippen molar-refractivity contribution < 1.29 is 9.47 Å². The van der Waals surface area contributed by atoms with Crippen LogP contribution in [0.4, 0.5) is 5.82 Å². The fraction of sp³-hybridized carbons (Fsp3) is 0.400. The van der Waals surface area contributed by atoms with Gasteiger partial charge in [-0.05, 0) is 24.1 Å². The molecule has 4 rings (SSSR count). The van der Waals surface area contributed by atoms with Crippen molar-refractivity contribution in [2.45, 2.75) is 18.9 Å². The minimum atomic E-state index is 0.262. The fourth-order valence-electron chi connectivity index (χ4n) is 2.86. The Labute approximate surface area is 117 Å². The topological polar surface area (TPSA) is 48.3 Å². The number of aromatic nitrogens is 2. The van der Waals surface area contributed by atoms with Gasteiger partial charge >= 0.3 is 0 Å². The molecule has 5 nitrogen and oxygen atoms in total. The van der Waals surface area contributed by atoms with Gasteiger partial charge in [-0.1, -0.05) is 6.07 Å². The first-order valence-electron chi connectivity index (χ1n) is 7.09. The third kappa shape index (κ3) is 1.90. The highest BCUT2D eigenvalue weighted by molar-refractivity contribution is 5.46. The lowest BCUT2D eigenvalue weighted by Crippen LogP contribution is -2.24. The van der Waals surface area contributed by atoms with Crippen LogP contribution in [0.1, 0.15) is 24.4 Å². The van der Waals surface area contributed by atoms with Crippen molar-refractivity contribution in [1.29, 1.82) is 0 Å². The van der Waals surface area contributed by atoms with Crippen molar-refractivity contribution in [3.63, 3.8) is 0 Å². The molecule has 5 heteroatoms. The maximum absolute atomic E-state index is 5.78. The van der Waals surface area contributed by atoms with E-state index in [0.717, 1.165) is 49.9 Å². The Kier molecular flexibility index (Phi) is 2.76. The van der Waals surface area contributed by atoms with Gasteiger partial charge in [0, 0.05) is 19.0 Å². The minimum Gasteiger partial charge on any atom is -0.490 e. The maximum Gasteiger partial charge on any atom is 0.161 e. The van der Waals surface area contributed by atoms with Crippen LogP contribution < -0.4 is 14.8 Å². The number of ether oxygens (including phenoxy) is 2. The van der Waals surface area contributed by atoms with Gasteiger partial charge in [-0.25, -0.2) is 4.68 Å². The van der Waals surface area contributed by atoms with Gasteiger partial charge in [0.1, 0.15) is 5.82 Å². The van der Waals surface area contributed by atoms with Crippen LogP contribution in [0.2, 0.25) is 0 Å². The molecule has 0 saturated carbocycles. The van der Waals surface area contributed by atoms with Crippen LogP contribution in [-0.2, 0) is 0 Å².